The molecule has 152 valence electrons. The molecule has 5 nitrogen and oxygen atoms in total. The molecule has 1 aliphatic rings. The Morgan fingerprint density at radius 3 is 2.32 bits per heavy atom. The average molecular weight is 414 g/mol. The van der Waals surface area contributed by atoms with E-state index in [0.717, 1.165) is 31.4 Å². The van der Waals surface area contributed by atoms with E-state index in [2.05, 4.69) is 4.72 Å². The van der Waals surface area contributed by atoms with Crippen molar-refractivity contribution in [2.45, 2.75) is 32.0 Å². The Hall–Kier alpha value is -2.26. The zero-order chi connectivity index (χ0) is 20.2. The quantitative estimate of drug-likeness (QED) is 0.761. The van der Waals surface area contributed by atoms with Crippen molar-refractivity contribution in [1.29, 1.82) is 0 Å². The third-order valence-corrected chi connectivity index (χ3v) is 5.95. The van der Waals surface area contributed by atoms with E-state index in [4.69, 9.17) is 4.74 Å². The predicted octanol–water partition coefficient (Wildman–Crippen LogP) is 4.43. The summed E-state index contributed by atoms with van der Waals surface area (Å²) in [5.74, 6) is 0.429. The fourth-order valence-corrected chi connectivity index (χ4v) is 4.24. The van der Waals surface area contributed by atoms with E-state index < -0.39 is 21.9 Å². The van der Waals surface area contributed by atoms with Gasteiger partial charge >= 0.3 is 16.4 Å². The molecular weight excluding hydrogens is 393 g/mol. The minimum absolute atomic E-state index is 0.0250. The molecule has 1 N–H and O–H groups in total. The maximum Gasteiger partial charge on any atom is 0.416 e. The molecule has 1 saturated heterocycles. The van der Waals surface area contributed by atoms with Crippen molar-refractivity contribution in [1.82, 2.24) is 4.31 Å². The number of hydrogen-bond acceptors (Lipinski definition) is 3. The summed E-state index contributed by atoms with van der Waals surface area (Å²) in [7, 11) is -3.59. The number of anilines is 1. The number of halogens is 3. The van der Waals surface area contributed by atoms with Crippen molar-refractivity contribution < 1.29 is 26.3 Å². The summed E-state index contributed by atoms with van der Waals surface area (Å²) in [5, 5.41) is 0. The van der Waals surface area contributed by atoms with Gasteiger partial charge in [-0.25, -0.2) is 0 Å². The third kappa shape index (κ3) is 5.39. The minimum atomic E-state index is -4.40. The Kier molecular flexibility index (Phi) is 6.14. The number of benzene rings is 2. The Bertz CT molecular complexity index is 893. The second-order valence-electron chi connectivity index (χ2n) is 6.58. The lowest BCUT2D eigenvalue weighted by atomic mass is 10.1. The van der Waals surface area contributed by atoms with Gasteiger partial charge in [0.05, 0.1) is 11.3 Å². The van der Waals surface area contributed by atoms with Crippen LogP contribution < -0.4 is 9.46 Å². The molecule has 0 radical (unpaired) electrons. The summed E-state index contributed by atoms with van der Waals surface area (Å²) < 4.78 is 72.4. The molecule has 1 fully saturated rings. The summed E-state index contributed by atoms with van der Waals surface area (Å²) in [6.07, 6.45) is -1.67. The molecule has 0 spiro atoms. The maximum absolute atomic E-state index is 12.7. The monoisotopic (exact) mass is 414 g/mol. The highest BCUT2D eigenvalue weighted by Crippen LogP contribution is 2.30. The van der Waals surface area contributed by atoms with Crippen LogP contribution in [-0.2, 0) is 23.0 Å². The molecule has 2 aromatic carbocycles. The van der Waals surface area contributed by atoms with E-state index >= 15 is 0 Å². The van der Waals surface area contributed by atoms with Gasteiger partial charge in [-0.3, -0.25) is 4.72 Å². The number of piperidine rings is 1. The molecular formula is C19H21F3N2O3S. The van der Waals surface area contributed by atoms with E-state index in [1.54, 1.807) is 30.3 Å². The van der Waals surface area contributed by atoms with Gasteiger partial charge in [-0.1, -0.05) is 18.6 Å². The summed E-state index contributed by atoms with van der Waals surface area (Å²) in [6.45, 7) is 0.990. The van der Waals surface area contributed by atoms with Crippen LogP contribution in [0.4, 0.5) is 18.9 Å². The lowest BCUT2D eigenvalue weighted by molar-refractivity contribution is -0.137. The Balaban J connectivity index is 1.59. The molecule has 2 aromatic rings. The van der Waals surface area contributed by atoms with Gasteiger partial charge < -0.3 is 4.74 Å². The lowest BCUT2D eigenvalue weighted by Gasteiger charge is -2.26. The molecule has 0 aromatic heterocycles. The molecule has 28 heavy (non-hydrogen) atoms. The lowest BCUT2D eigenvalue weighted by Crippen LogP contribution is -2.39. The number of ether oxygens (including phenoxy) is 1. The zero-order valence-corrected chi connectivity index (χ0v) is 15.9. The highest BCUT2D eigenvalue weighted by Gasteiger charge is 2.30. The molecule has 0 unspecified atom stereocenters. The number of alkyl halides is 3. The smallest absolute Gasteiger partial charge is 0.416 e. The van der Waals surface area contributed by atoms with Gasteiger partial charge in [-0.15, -0.1) is 0 Å². The van der Waals surface area contributed by atoms with Gasteiger partial charge in [-0.2, -0.15) is 25.9 Å². The third-order valence-electron chi connectivity index (χ3n) is 4.42. The summed E-state index contributed by atoms with van der Waals surface area (Å²) in [6, 6.07) is 11.2. The Morgan fingerprint density at radius 1 is 1.00 bits per heavy atom. The highest BCUT2D eigenvalue weighted by atomic mass is 32.2. The molecule has 1 aliphatic heterocycles. The summed E-state index contributed by atoms with van der Waals surface area (Å²) in [4.78, 5) is 0. The van der Waals surface area contributed by atoms with Gasteiger partial charge in [0.1, 0.15) is 12.4 Å². The van der Waals surface area contributed by atoms with E-state index in [1.807, 2.05) is 0 Å². The second kappa shape index (κ2) is 8.40. The van der Waals surface area contributed by atoms with Gasteiger partial charge in [0, 0.05) is 13.1 Å². The van der Waals surface area contributed by atoms with Gasteiger partial charge in [-0.05, 0) is 54.8 Å². The molecule has 0 bridgehead atoms. The topological polar surface area (TPSA) is 58.6 Å². The van der Waals surface area contributed by atoms with Crippen LogP contribution in [0, 0.1) is 0 Å². The Morgan fingerprint density at radius 2 is 1.68 bits per heavy atom. The van der Waals surface area contributed by atoms with Crippen LogP contribution in [0.5, 0.6) is 5.75 Å². The molecule has 0 amide bonds. The molecule has 1 heterocycles. The second-order valence-corrected chi connectivity index (χ2v) is 8.25. The first kappa shape index (κ1) is 20.5. The van der Waals surface area contributed by atoms with E-state index in [9.17, 15) is 21.6 Å². The SMILES string of the molecule is O=S(=O)(Nc1ccc(OCc2cccc(C(F)(F)F)c2)cc1)N1CCCCC1. The van der Waals surface area contributed by atoms with Crippen molar-refractivity contribution in [3.05, 3.63) is 59.7 Å². The van der Waals surface area contributed by atoms with Crippen LogP contribution in [0.3, 0.4) is 0 Å². The predicted molar refractivity (Wildman–Crippen MR) is 100 cm³/mol. The van der Waals surface area contributed by atoms with Crippen molar-refractivity contribution in [2.24, 2.45) is 0 Å². The number of hydrogen-bond donors (Lipinski definition) is 1. The van der Waals surface area contributed by atoms with Crippen molar-refractivity contribution in [2.75, 3.05) is 17.8 Å². The normalized spacial score (nSPS) is 16.0. The first-order chi connectivity index (χ1) is 13.2. The number of nitrogens with one attached hydrogen (secondary N) is 1. The van der Waals surface area contributed by atoms with Crippen LogP contribution in [0.2, 0.25) is 0 Å². The van der Waals surface area contributed by atoms with Gasteiger partial charge in [0.15, 0.2) is 0 Å². The number of rotatable bonds is 6. The van der Waals surface area contributed by atoms with Crippen LogP contribution in [0.25, 0.3) is 0 Å². The van der Waals surface area contributed by atoms with Crippen LogP contribution in [-0.4, -0.2) is 25.8 Å². The van der Waals surface area contributed by atoms with Gasteiger partial charge in [0.2, 0.25) is 0 Å². The zero-order valence-electron chi connectivity index (χ0n) is 15.1. The largest absolute Gasteiger partial charge is 0.489 e. The van der Waals surface area contributed by atoms with Crippen molar-refractivity contribution in [3.8, 4) is 5.75 Å². The van der Waals surface area contributed by atoms with Crippen LogP contribution in [0.1, 0.15) is 30.4 Å². The van der Waals surface area contributed by atoms with Crippen molar-refractivity contribution >= 4 is 15.9 Å². The Labute approximate surface area is 162 Å². The fraction of sp³-hybridized carbons (Fsp3) is 0.368. The van der Waals surface area contributed by atoms with Crippen molar-refractivity contribution in [3.63, 3.8) is 0 Å². The van der Waals surface area contributed by atoms with E-state index in [0.29, 0.717) is 30.1 Å². The molecule has 0 saturated carbocycles. The van der Waals surface area contributed by atoms with Crippen LogP contribution in [0.15, 0.2) is 48.5 Å². The first-order valence-corrected chi connectivity index (χ1v) is 10.3. The van der Waals surface area contributed by atoms with E-state index in [-0.39, 0.29) is 6.61 Å². The molecule has 9 heteroatoms. The molecule has 0 atom stereocenters. The van der Waals surface area contributed by atoms with E-state index in [1.165, 1.54) is 10.4 Å². The maximum atomic E-state index is 12.7. The van der Waals surface area contributed by atoms with Crippen LogP contribution >= 0.6 is 0 Å². The fourth-order valence-electron chi connectivity index (χ4n) is 2.94. The standard InChI is InChI=1S/C19H21F3N2O3S/c20-19(21,22)16-6-4-5-15(13-16)14-27-18-9-7-17(8-10-18)23-28(25,26)24-11-2-1-3-12-24/h4-10,13,23H,1-3,11-12,14H2. The first-order valence-electron chi connectivity index (χ1n) is 8.91. The average Bonchev–Trinajstić information content (AvgIpc) is 2.67. The van der Waals surface area contributed by atoms with Gasteiger partial charge in [0.25, 0.3) is 0 Å². The summed E-state index contributed by atoms with van der Waals surface area (Å²) >= 11 is 0. The highest BCUT2D eigenvalue weighted by molar-refractivity contribution is 7.90. The molecule has 0 aliphatic carbocycles. The minimum Gasteiger partial charge on any atom is -0.489 e. The molecule has 3 rings (SSSR count). The number of nitrogens with zero attached hydrogens (tertiary/aromatic N) is 1. The summed E-state index contributed by atoms with van der Waals surface area (Å²) in [5.41, 5.74) is 0.0674.